The molecule has 1 aliphatic rings. The number of carbonyl (C=O) groups is 2. The first kappa shape index (κ1) is 17.3. The molecule has 1 heterocycles. The summed E-state index contributed by atoms with van der Waals surface area (Å²) in [5.74, 6) is -2.31. The third kappa shape index (κ3) is 3.48. The minimum atomic E-state index is -4.89. The van der Waals surface area contributed by atoms with Crippen LogP contribution in [-0.2, 0) is 19.7 Å². The molecule has 1 saturated heterocycles. The quantitative estimate of drug-likeness (QED) is 0.801. The molecule has 1 amide bonds. The van der Waals surface area contributed by atoms with E-state index in [9.17, 15) is 22.8 Å². The summed E-state index contributed by atoms with van der Waals surface area (Å²) in [7, 11) is 0. The Morgan fingerprint density at radius 3 is 2.22 bits per heavy atom. The Kier molecular flexibility index (Phi) is 4.97. The molecule has 0 saturated carbocycles. The molecule has 0 radical (unpaired) electrons. The Labute approximate surface area is 132 Å². The first-order valence-corrected chi connectivity index (χ1v) is 7.40. The third-order valence-electron chi connectivity index (χ3n) is 4.14. The molecule has 23 heavy (non-hydrogen) atoms. The van der Waals surface area contributed by atoms with Crippen molar-refractivity contribution in [1.29, 1.82) is 0 Å². The number of halogens is 3. The monoisotopic (exact) mass is 329 g/mol. The lowest BCUT2D eigenvalue weighted by Gasteiger charge is -2.40. The van der Waals surface area contributed by atoms with Crippen molar-refractivity contribution in [3.63, 3.8) is 0 Å². The SMILES string of the molecule is CCOC(=O)C1(c2ccccc2)CCN(C(=O)C(F)(F)F)CC1. The summed E-state index contributed by atoms with van der Waals surface area (Å²) in [6.07, 6.45) is -4.67. The van der Waals surface area contributed by atoms with Gasteiger partial charge in [0.2, 0.25) is 0 Å². The highest BCUT2D eigenvalue weighted by Crippen LogP contribution is 2.37. The highest BCUT2D eigenvalue weighted by Gasteiger charge is 2.49. The predicted molar refractivity (Wildman–Crippen MR) is 76.6 cm³/mol. The third-order valence-corrected chi connectivity index (χ3v) is 4.14. The van der Waals surface area contributed by atoms with Gasteiger partial charge < -0.3 is 9.64 Å². The van der Waals surface area contributed by atoms with Gasteiger partial charge in [0.25, 0.3) is 0 Å². The highest BCUT2D eigenvalue weighted by atomic mass is 19.4. The molecule has 126 valence electrons. The zero-order chi connectivity index (χ0) is 17.1. The van der Waals surface area contributed by atoms with Crippen LogP contribution >= 0.6 is 0 Å². The fourth-order valence-electron chi connectivity index (χ4n) is 2.91. The molecule has 1 aromatic carbocycles. The average molecular weight is 329 g/mol. The van der Waals surface area contributed by atoms with E-state index in [0.717, 1.165) is 4.90 Å². The van der Waals surface area contributed by atoms with Crippen molar-refractivity contribution in [2.24, 2.45) is 0 Å². The Morgan fingerprint density at radius 2 is 1.74 bits per heavy atom. The molecule has 7 heteroatoms. The van der Waals surface area contributed by atoms with Gasteiger partial charge in [-0.15, -0.1) is 0 Å². The van der Waals surface area contributed by atoms with Crippen LogP contribution in [0, 0.1) is 0 Å². The second-order valence-electron chi connectivity index (χ2n) is 5.46. The van der Waals surface area contributed by atoms with Crippen LogP contribution in [0.2, 0.25) is 0 Å². The molecule has 2 rings (SSSR count). The van der Waals surface area contributed by atoms with E-state index in [2.05, 4.69) is 0 Å². The zero-order valence-electron chi connectivity index (χ0n) is 12.7. The summed E-state index contributed by atoms with van der Waals surface area (Å²) in [5.41, 5.74) is -0.294. The molecule has 0 bridgehead atoms. The molecule has 0 aliphatic carbocycles. The molecule has 0 spiro atoms. The number of likely N-dealkylation sites (tertiary alicyclic amines) is 1. The summed E-state index contributed by atoms with van der Waals surface area (Å²) in [6, 6.07) is 8.86. The molecule has 0 atom stereocenters. The first-order chi connectivity index (χ1) is 10.8. The summed E-state index contributed by atoms with van der Waals surface area (Å²) >= 11 is 0. The van der Waals surface area contributed by atoms with Crippen LogP contribution in [0.4, 0.5) is 13.2 Å². The predicted octanol–water partition coefficient (Wildman–Crippen LogP) is 2.67. The Bertz CT molecular complexity index is 564. The molecule has 0 unspecified atom stereocenters. The standard InChI is InChI=1S/C16H18F3NO3/c1-2-23-14(22)15(12-6-4-3-5-7-12)8-10-20(11-9-15)13(21)16(17,18)19/h3-7H,2,8-11H2,1H3. The van der Waals surface area contributed by atoms with E-state index in [0.29, 0.717) is 5.56 Å². The van der Waals surface area contributed by atoms with E-state index in [1.807, 2.05) is 0 Å². The van der Waals surface area contributed by atoms with Crippen LogP contribution in [0.3, 0.4) is 0 Å². The van der Waals surface area contributed by atoms with Gasteiger partial charge in [-0.3, -0.25) is 9.59 Å². The first-order valence-electron chi connectivity index (χ1n) is 7.40. The molecule has 1 fully saturated rings. The molecule has 4 nitrogen and oxygen atoms in total. The number of alkyl halides is 3. The summed E-state index contributed by atoms with van der Waals surface area (Å²) < 4.78 is 42.8. The smallest absolute Gasteiger partial charge is 0.465 e. The van der Waals surface area contributed by atoms with Gasteiger partial charge in [0.05, 0.1) is 12.0 Å². The molecule has 1 aromatic rings. The largest absolute Gasteiger partial charge is 0.471 e. The van der Waals surface area contributed by atoms with Crippen LogP contribution in [0.5, 0.6) is 0 Å². The van der Waals surface area contributed by atoms with Crippen molar-refractivity contribution in [3.05, 3.63) is 35.9 Å². The summed E-state index contributed by atoms with van der Waals surface area (Å²) in [4.78, 5) is 24.5. The van der Waals surface area contributed by atoms with Crippen LogP contribution < -0.4 is 0 Å². The molecular weight excluding hydrogens is 311 g/mol. The number of carbonyl (C=O) groups excluding carboxylic acids is 2. The Hall–Kier alpha value is -2.05. The fourth-order valence-corrected chi connectivity index (χ4v) is 2.91. The molecule has 0 N–H and O–H groups in total. The van der Waals surface area contributed by atoms with Crippen LogP contribution in [0.25, 0.3) is 0 Å². The van der Waals surface area contributed by atoms with Gasteiger partial charge in [-0.2, -0.15) is 13.2 Å². The van der Waals surface area contributed by atoms with Crippen LogP contribution in [0.15, 0.2) is 30.3 Å². The van der Waals surface area contributed by atoms with E-state index >= 15 is 0 Å². The minimum absolute atomic E-state index is 0.109. The maximum atomic E-state index is 12.5. The van der Waals surface area contributed by atoms with Crippen molar-refractivity contribution in [3.8, 4) is 0 Å². The lowest BCUT2D eigenvalue weighted by Crippen LogP contribution is -2.52. The van der Waals surface area contributed by atoms with Gasteiger partial charge in [0.15, 0.2) is 0 Å². The molecular formula is C16H18F3NO3. The highest BCUT2D eigenvalue weighted by molar-refractivity contribution is 5.85. The lowest BCUT2D eigenvalue weighted by molar-refractivity contribution is -0.187. The average Bonchev–Trinajstić information content (AvgIpc) is 2.54. The van der Waals surface area contributed by atoms with E-state index in [1.165, 1.54) is 0 Å². The Balaban J connectivity index is 2.24. The van der Waals surface area contributed by atoms with Crippen LogP contribution in [-0.4, -0.2) is 42.6 Å². The number of nitrogens with zero attached hydrogens (tertiary/aromatic N) is 1. The topological polar surface area (TPSA) is 46.6 Å². The number of esters is 1. The van der Waals surface area contributed by atoms with Crippen molar-refractivity contribution in [2.75, 3.05) is 19.7 Å². The number of piperidine rings is 1. The van der Waals surface area contributed by atoms with E-state index in [4.69, 9.17) is 4.74 Å². The number of benzene rings is 1. The minimum Gasteiger partial charge on any atom is -0.465 e. The van der Waals surface area contributed by atoms with Gasteiger partial charge >= 0.3 is 18.1 Å². The van der Waals surface area contributed by atoms with Crippen molar-refractivity contribution in [2.45, 2.75) is 31.4 Å². The van der Waals surface area contributed by atoms with Gasteiger partial charge in [-0.25, -0.2) is 0 Å². The Morgan fingerprint density at radius 1 is 1.17 bits per heavy atom. The number of amides is 1. The van der Waals surface area contributed by atoms with Gasteiger partial charge in [-0.1, -0.05) is 30.3 Å². The second kappa shape index (κ2) is 6.60. The molecule has 1 aliphatic heterocycles. The number of ether oxygens (including phenoxy) is 1. The number of hydrogen-bond donors (Lipinski definition) is 0. The van der Waals surface area contributed by atoms with E-state index < -0.39 is 23.5 Å². The van der Waals surface area contributed by atoms with Crippen LogP contribution in [0.1, 0.15) is 25.3 Å². The second-order valence-corrected chi connectivity index (χ2v) is 5.46. The summed E-state index contributed by atoms with van der Waals surface area (Å²) in [6.45, 7) is 1.61. The fraction of sp³-hybridized carbons (Fsp3) is 0.500. The summed E-state index contributed by atoms with van der Waals surface area (Å²) in [5, 5.41) is 0. The number of rotatable bonds is 3. The molecule has 0 aromatic heterocycles. The van der Waals surface area contributed by atoms with E-state index in [1.54, 1.807) is 37.3 Å². The van der Waals surface area contributed by atoms with Gasteiger partial charge in [-0.05, 0) is 25.3 Å². The lowest BCUT2D eigenvalue weighted by atomic mass is 9.72. The van der Waals surface area contributed by atoms with Gasteiger partial charge in [0, 0.05) is 13.1 Å². The maximum Gasteiger partial charge on any atom is 0.471 e. The van der Waals surface area contributed by atoms with Gasteiger partial charge in [0.1, 0.15) is 0 Å². The maximum absolute atomic E-state index is 12.5. The normalized spacial score (nSPS) is 17.7. The van der Waals surface area contributed by atoms with E-state index in [-0.39, 0.29) is 32.5 Å². The van der Waals surface area contributed by atoms with Crippen molar-refractivity contribution < 1.29 is 27.5 Å². The number of hydrogen-bond acceptors (Lipinski definition) is 3. The van der Waals surface area contributed by atoms with Crippen molar-refractivity contribution in [1.82, 2.24) is 4.90 Å². The zero-order valence-corrected chi connectivity index (χ0v) is 12.7. The van der Waals surface area contributed by atoms with Crippen molar-refractivity contribution >= 4 is 11.9 Å².